The van der Waals surface area contributed by atoms with Crippen LogP contribution in [0.2, 0.25) is 0 Å². The number of carbonyl (C=O) groups excluding carboxylic acids is 1. The largest absolute Gasteiger partial charge is 0.383 e. The second-order valence-corrected chi connectivity index (χ2v) is 4.81. The van der Waals surface area contributed by atoms with Gasteiger partial charge in [0.15, 0.2) is 0 Å². The van der Waals surface area contributed by atoms with Crippen LogP contribution in [0, 0.1) is 5.92 Å². The number of ketones is 1. The molecule has 1 fully saturated rings. The van der Waals surface area contributed by atoms with E-state index in [1.165, 1.54) is 0 Å². The Balaban J connectivity index is 2.57. The number of methoxy groups -OCH3 is 1. The van der Waals surface area contributed by atoms with Crippen molar-refractivity contribution in [2.24, 2.45) is 5.92 Å². The van der Waals surface area contributed by atoms with Crippen LogP contribution in [-0.2, 0) is 9.53 Å². The van der Waals surface area contributed by atoms with Crippen molar-refractivity contribution < 1.29 is 9.53 Å². The molecule has 3 nitrogen and oxygen atoms in total. The molecule has 0 spiro atoms. The summed E-state index contributed by atoms with van der Waals surface area (Å²) in [6.07, 6.45) is 0.689. The Bertz CT molecular complexity index is 213. The van der Waals surface area contributed by atoms with Crippen LogP contribution in [0.4, 0.5) is 0 Å². The van der Waals surface area contributed by atoms with Gasteiger partial charge >= 0.3 is 0 Å². The molecular formula is C11H21NO2. The van der Waals surface area contributed by atoms with Crippen molar-refractivity contribution in [1.82, 2.24) is 4.90 Å². The van der Waals surface area contributed by atoms with Gasteiger partial charge in [0.2, 0.25) is 0 Å². The van der Waals surface area contributed by atoms with Crippen LogP contribution in [0.1, 0.15) is 27.2 Å². The lowest BCUT2D eigenvalue weighted by Crippen LogP contribution is -2.53. The van der Waals surface area contributed by atoms with Crippen LogP contribution in [0.5, 0.6) is 0 Å². The van der Waals surface area contributed by atoms with E-state index in [4.69, 9.17) is 4.74 Å². The fourth-order valence-electron chi connectivity index (χ4n) is 2.01. The zero-order chi connectivity index (χ0) is 10.8. The molecule has 0 N–H and O–H groups in total. The molecule has 0 aromatic carbocycles. The van der Waals surface area contributed by atoms with E-state index in [0.717, 1.165) is 13.1 Å². The van der Waals surface area contributed by atoms with Crippen LogP contribution < -0.4 is 0 Å². The van der Waals surface area contributed by atoms with E-state index < -0.39 is 0 Å². The number of ether oxygens (including phenoxy) is 1. The zero-order valence-corrected chi connectivity index (χ0v) is 9.67. The van der Waals surface area contributed by atoms with E-state index in [0.29, 0.717) is 18.8 Å². The number of hydrogen-bond donors (Lipinski definition) is 0. The van der Waals surface area contributed by atoms with Crippen LogP contribution in [0.25, 0.3) is 0 Å². The molecule has 14 heavy (non-hydrogen) atoms. The maximum absolute atomic E-state index is 11.4. The first-order chi connectivity index (χ1) is 6.47. The van der Waals surface area contributed by atoms with Crippen molar-refractivity contribution in [2.75, 3.05) is 26.8 Å². The van der Waals surface area contributed by atoms with Crippen LogP contribution in [0.3, 0.4) is 0 Å². The Morgan fingerprint density at radius 1 is 1.57 bits per heavy atom. The van der Waals surface area contributed by atoms with Crippen LogP contribution >= 0.6 is 0 Å². The normalized spacial score (nSPS) is 25.4. The SMILES string of the molecule is COCC(C)(C)N1CCC(=O)C(C)C1. The molecule has 1 unspecified atom stereocenters. The van der Waals surface area contributed by atoms with E-state index >= 15 is 0 Å². The molecular weight excluding hydrogens is 178 g/mol. The molecule has 1 heterocycles. The molecule has 1 saturated heterocycles. The molecule has 1 aliphatic rings. The third-order valence-electron chi connectivity index (χ3n) is 3.03. The first-order valence-corrected chi connectivity index (χ1v) is 5.24. The first-order valence-electron chi connectivity index (χ1n) is 5.24. The molecule has 1 aliphatic heterocycles. The fraction of sp³-hybridized carbons (Fsp3) is 0.909. The van der Waals surface area contributed by atoms with Gasteiger partial charge in [0.05, 0.1) is 6.61 Å². The first kappa shape index (κ1) is 11.7. The van der Waals surface area contributed by atoms with E-state index in [-0.39, 0.29) is 11.5 Å². The van der Waals surface area contributed by atoms with Crippen LogP contribution in [-0.4, -0.2) is 43.0 Å². The third-order valence-corrected chi connectivity index (χ3v) is 3.03. The summed E-state index contributed by atoms with van der Waals surface area (Å²) < 4.78 is 5.20. The number of hydrogen-bond acceptors (Lipinski definition) is 3. The number of Topliss-reactive ketones (excluding diaryl/α,β-unsaturated/α-hetero) is 1. The smallest absolute Gasteiger partial charge is 0.138 e. The topological polar surface area (TPSA) is 29.5 Å². The Labute approximate surface area is 86.4 Å². The van der Waals surface area contributed by atoms with E-state index in [1.807, 2.05) is 6.92 Å². The van der Waals surface area contributed by atoms with Gasteiger partial charge in [-0.05, 0) is 13.8 Å². The zero-order valence-electron chi connectivity index (χ0n) is 9.67. The van der Waals surface area contributed by atoms with Crippen molar-refractivity contribution in [3.8, 4) is 0 Å². The highest BCUT2D eigenvalue weighted by molar-refractivity contribution is 5.81. The lowest BCUT2D eigenvalue weighted by molar-refractivity contribution is -0.127. The fourth-order valence-corrected chi connectivity index (χ4v) is 2.01. The predicted molar refractivity (Wildman–Crippen MR) is 56.3 cm³/mol. The number of rotatable bonds is 3. The van der Waals surface area contributed by atoms with Gasteiger partial charge in [0.25, 0.3) is 0 Å². The molecule has 0 radical (unpaired) electrons. The van der Waals surface area contributed by atoms with E-state index in [9.17, 15) is 4.79 Å². The Morgan fingerprint density at radius 3 is 2.71 bits per heavy atom. The van der Waals surface area contributed by atoms with E-state index in [2.05, 4.69) is 18.7 Å². The highest BCUT2D eigenvalue weighted by Gasteiger charge is 2.33. The molecule has 82 valence electrons. The van der Waals surface area contributed by atoms with Gasteiger partial charge in [-0.3, -0.25) is 9.69 Å². The second kappa shape index (κ2) is 4.41. The van der Waals surface area contributed by atoms with Crippen molar-refractivity contribution in [3.05, 3.63) is 0 Å². The summed E-state index contributed by atoms with van der Waals surface area (Å²) in [5, 5.41) is 0. The quantitative estimate of drug-likeness (QED) is 0.686. The number of nitrogens with zero attached hydrogens (tertiary/aromatic N) is 1. The molecule has 0 aromatic rings. The van der Waals surface area contributed by atoms with Crippen molar-refractivity contribution in [3.63, 3.8) is 0 Å². The minimum atomic E-state index is 0.0453. The minimum absolute atomic E-state index is 0.0453. The Kier molecular flexibility index (Phi) is 3.67. The molecule has 3 heteroatoms. The number of piperidine rings is 1. The highest BCUT2D eigenvalue weighted by Crippen LogP contribution is 2.22. The summed E-state index contributed by atoms with van der Waals surface area (Å²) in [7, 11) is 1.72. The van der Waals surface area contributed by atoms with Crippen molar-refractivity contribution in [2.45, 2.75) is 32.7 Å². The number of carbonyl (C=O) groups is 1. The van der Waals surface area contributed by atoms with Gasteiger partial charge in [-0.2, -0.15) is 0 Å². The lowest BCUT2D eigenvalue weighted by Gasteiger charge is -2.41. The summed E-state index contributed by atoms with van der Waals surface area (Å²) in [6, 6.07) is 0. The number of likely N-dealkylation sites (tertiary alicyclic amines) is 1. The molecule has 0 aliphatic carbocycles. The second-order valence-electron chi connectivity index (χ2n) is 4.81. The third kappa shape index (κ3) is 2.55. The average Bonchev–Trinajstić information content (AvgIpc) is 2.09. The van der Waals surface area contributed by atoms with Crippen LogP contribution in [0.15, 0.2) is 0 Å². The predicted octanol–water partition coefficient (Wildman–Crippen LogP) is 1.32. The molecule has 0 aromatic heterocycles. The van der Waals surface area contributed by atoms with Gasteiger partial charge < -0.3 is 4.74 Å². The molecule has 0 saturated carbocycles. The molecule has 1 rings (SSSR count). The highest BCUT2D eigenvalue weighted by atomic mass is 16.5. The van der Waals surface area contributed by atoms with Gasteiger partial charge in [0, 0.05) is 38.1 Å². The minimum Gasteiger partial charge on any atom is -0.383 e. The van der Waals surface area contributed by atoms with Gasteiger partial charge in [-0.25, -0.2) is 0 Å². The molecule has 0 amide bonds. The Morgan fingerprint density at radius 2 is 2.21 bits per heavy atom. The average molecular weight is 199 g/mol. The summed E-state index contributed by atoms with van der Waals surface area (Å²) in [5.74, 6) is 0.578. The maximum Gasteiger partial charge on any atom is 0.138 e. The molecule has 0 bridgehead atoms. The van der Waals surface area contributed by atoms with Gasteiger partial charge in [-0.1, -0.05) is 6.92 Å². The van der Waals surface area contributed by atoms with Crippen molar-refractivity contribution in [1.29, 1.82) is 0 Å². The standard InChI is InChI=1S/C11H21NO2/c1-9-7-12(6-5-10(9)13)11(2,3)8-14-4/h9H,5-8H2,1-4H3. The summed E-state index contributed by atoms with van der Waals surface area (Å²) in [6.45, 7) is 8.80. The summed E-state index contributed by atoms with van der Waals surface area (Å²) >= 11 is 0. The lowest BCUT2D eigenvalue weighted by atomic mass is 9.93. The summed E-state index contributed by atoms with van der Waals surface area (Å²) in [4.78, 5) is 13.7. The maximum atomic E-state index is 11.4. The molecule has 1 atom stereocenters. The van der Waals surface area contributed by atoms with E-state index in [1.54, 1.807) is 7.11 Å². The monoisotopic (exact) mass is 199 g/mol. The van der Waals surface area contributed by atoms with Crippen molar-refractivity contribution >= 4 is 5.78 Å². The van der Waals surface area contributed by atoms with Gasteiger partial charge in [0.1, 0.15) is 5.78 Å². The Hall–Kier alpha value is -0.410. The summed E-state index contributed by atoms with van der Waals surface area (Å²) in [5.41, 5.74) is 0.0453. The van der Waals surface area contributed by atoms with Gasteiger partial charge in [-0.15, -0.1) is 0 Å².